The van der Waals surface area contributed by atoms with Crippen LogP contribution in [0.1, 0.15) is 81.6 Å². The van der Waals surface area contributed by atoms with Crippen LogP contribution >= 0.6 is 58.8 Å². The van der Waals surface area contributed by atoms with Gasteiger partial charge in [0.15, 0.2) is 0 Å². The third-order valence-corrected chi connectivity index (χ3v) is 3.95. The summed E-state index contributed by atoms with van der Waals surface area (Å²) in [5.74, 6) is 2.32. The Balaban J connectivity index is -0.000000231. The maximum Gasteiger partial charge on any atom is 0.519 e. The van der Waals surface area contributed by atoms with Gasteiger partial charge in [-0.1, -0.05) is 6.42 Å². The molecule has 0 bridgehead atoms. The molecular formula is C24H46Cl5NO7. The van der Waals surface area contributed by atoms with Gasteiger partial charge in [0.05, 0.1) is 0 Å². The predicted octanol–water partition coefficient (Wildman–Crippen LogP) is 8.63. The Morgan fingerprint density at radius 3 is 1.14 bits per heavy atom. The molecule has 0 spiro atoms. The fourth-order valence-electron chi connectivity index (χ4n) is 1.80. The zero-order valence-electron chi connectivity index (χ0n) is 23.6. The van der Waals surface area contributed by atoms with Gasteiger partial charge in [-0.3, -0.25) is 0 Å². The average molecular weight is 638 g/mol. The van der Waals surface area contributed by atoms with Crippen molar-refractivity contribution in [3.8, 4) is 0 Å². The van der Waals surface area contributed by atoms with E-state index in [9.17, 15) is 14.4 Å². The number of hydrogen-bond donors (Lipinski definition) is 0. The summed E-state index contributed by atoms with van der Waals surface area (Å²) in [5, 5.41) is 0. The van der Waals surface area contributed by atoms with Crippen molar-refractivity contribution in [1.82, 2.24) is 4.90 Å². The molecule has 8 nitrogen and oxygen atoms in total. The predicted molar refractivity (Wildman–Crippen MR) is 155 cm³/mol. The second kappa shape index (κ2) is 23.4. The van der Waals surface area contributed by atoms with Gasteiger partial charge in [0.25, 0.3) is 0 Å². The Morgan fingerprint density at radius 2 is 0.892 bits per heavy atom. The number of hydrogen-bond acceptors (Lipinski definition) is 7. The topological polar surface area (TPSA) is 91.4 Å². The largest absolute Gasteiger partial charge is 0.519 e. The van der Waals surface area contributed by atoms with Gasteiger partial charge in [0, 0.05) is 36.6 Å². The molecule has 0 aromatic heterocycles. The van der Waals surface area contributed by atoms with Gasteiger partial charge in [-0.25, -0.2) is 14.4 Å². The second-order valence-corrected chi connectivity index (χ2v) is 11.8. The third kappa shape index (κ3) is 37.7. The van der Waals surface area contributed by atoms with Crippen molar-refractivity contribution in [2.75, 3.05) is 36.6 Å². The van der Waals surface area contributed by atoms with E-state index >= 15 is 0 Å². The van der Waals surface area contributed by atoms with Gasteiger partial charge in [-0.15, -0.1) is 58.8 Å². The minimum atomic E-state index is -1.06. The Kier molecular flexibility index (Phi) is 27.5. The van der Waals surface area contributed by atoms with Crippen LogP contribution in [0.3, 0.4) is 0 Å². The SMILES string of the molecule is CC(C)(C)OC(=O)N(CCCl)CCCl.CC(C)(C)OC(=O)OC(=O)OC(C)(C)C.Cl.ClCCCCCCl. The molecule has 1 amide bonds. The fraction of sp³-hybridized carbons (Fsp3) is 0.875. The van der Waals surface area contributed by atoms with Crippen LogP contribution in [-0.2, 0) is 18.9 Å². The molecule has 0 aromatic rings. The van der Waals surface area contributed by atoms with Crippen LogP contribution in [0.4, 0.5) is 14.4 Å². The Labute approximate surface area is 249 Å². The quantitative estimate of drug-likeness (QED) is 0.0865. The molecule has 0 aliphatic heterocycles. The van der Waals surface area contributed by atoms with Crippen molar-refractivity contribution in [1.29, 1.82) is 0 Å². The van der Waals surface area contributed by atoms with Crippen LogP contribution in [0.5, 0.6) is 0 Å². The monoisotopic (exact) mass is 635 g/mol. The molecular weight excluding hydrogens is 592 g/mol. The van der Waals surface area contributed by atoms with E-state index in [-0.39, 0.29) is 18.5 Å². The van der Waals surface area contributed by atoms with Crippen molar-refractivity contribution in [2.24, 2.45) is 0 Å². The summed E-state index contributed by atoms with van der Waals surface area (Å²) in [5.41, 5.74) is -1.87. The Hall–Kier alpha value is -0.540. The normalized spacial score (nSPS) is 10.8. The second-order valence-electron chi connectivity index (χ2n) is 10.3. The number of unbranched alkanes of at least 4 members (excludes halogenated alkanes) is 2. The minimum Gasteiger partial charge on any atom is -0.444 e. The number of rotatable bonds is 8. The zero-order chi connectivity index (χ0) is 29.0. The molecule has 0 saturated heterocycles. The lowest BCUT2D eigenvalue weighted by molar-refractivity contribution is -0.0294. The Morgan fingerprint density at radius 1 is 0.568 bits per heavy atom. The summed E-state index contributed by atoms with van der Waals surface area (Å²) >= 11 is 21.9. The lowest BCUT2D eigenvalue weighted by Gasteiger charge is -2.26. The van der Waals surface area contributed by atoms with Crippen LogP contribution in [0.2, 0.25) is 0 Å². The first kappa shape index (κ1) is 43.5. The van der Waals surface area contributed by atoms with Crippen LogP contribution in [0, 0.1) is 0 Å². The molecule has 0 aliphatic carbocycles. The summed E-state index contributed by atoms with van der Waals surface area (Å²) in [6.07, 6.45) is 0.905. The number of halogens is 5. The van der Waals surface area contributed by atoms with E-state index in [1.54, 1.807) is 41.5 Å². The molecule has 224 valence electrons. The van der Waals surface area contributed by atoms with E-state index in [4.69, 9.17) is 60.6 Å². The van der Waals surface area contributed by atoms with Gasteiger partial charge in [-0.05, 0) is 75.2 Å². The lowest BCUT2D eigenvalue weighted by Crippen LogP contribution is -2.39. The first-order valence-electron chi connectivity index (χ1n) is 11.7. The Bertz CT molecular complexity index is 568. The van der Waals surface area contributed by atoms with Gasteiger partial charge in [0.1, 0.15) is 16.8 Å². The molecule has 0 radical (unpaired) electrons. The summed E-state index contributed by atoms with van der Waals surface area (Å²) in [6, 6.07) is 0. The van der Waals surface area contributed by atoms with Gasteiger partial charge < -0.3 is 23.8 Å². The van der Waals surface area contributed by atoms with E-state index < -0.39 is 29.1 Å². The van der Waals surface area contributed by atoms with E-state index in [0.717, 1.165) is 24.6 Å². The molecule has 0 rings (SSSR count). The van der Waals surface area contributed by atoms with Gasteiger partial charge >= 0.3 is 18.4 Å². The molecule has 0 aliphatic rings. The number of alkyl halides is 4. The lowest BCUT2D eigenvalue weighted by atomic mass is 10.2. The third-order valence-electron chi connectivity index (χ3n) is 3.07. The highest BCUT2D eigenvalue weighted by molar-refractivity contribution is 6.18. The first-order valence-corrected chi connectivity index (χ1v) is 13.8. The summed E-state index contributed by atoms with van der Waals surface area (Å²) in [4.78, 5) is 35.0. The van der Waals surface area contributed by atoms with Gasteiger partial charge in [0.2, 0.25) is 0 Å². The molecule has 0 heterocycles. The molecule has 0 aromatic carbocycles. The number of ether oxygens (including phenoxy) is 4. The molecule has 0 unspecified atom stereocenters. The molecule has 0 fully saturated rings. The smallest absolute Gasteiger partial charge is 0.444 e. The summed E-state index contributed by atoms with van der Waals surface area (Å²) < 4.78 is 19.0. The van der Waals surface area contributed by atoms with Crippen molar-refractivity contribution in [3.63, 3.8) is 0 Å². The minimum absolute atomic E-state index is 0. The van der Waals surface area contributed by atoms with Crippen molar-refractivity contribution in [3.05, 3.63) is 0 Å². The van der Waals surface area contributed by atoms with E-state index in [2.05, 4.69) is 4.74 Å². The highest BCUT2D eigenvalue weighted by atomic mass is 35.5. The maximum atomic E-state index is 11.5. The standard InChI is InChI=1S/C10H18O5.C9H17Cl2NO2.C5H10Cl2.ClH/c1-9(2,3)14-7(11)13-8(12)15-10(4,5)6;1-9(2,3)14-8(13)12(6-4-10)7-5-11;6-4-2-1-3-5-7;/h1-6H3;4-7H2,1-3H3;1-5H2;1H. The van der Waals surface area contributed by atoms with Gasteiger partial charge in [-0.2, -0.15) is 0 Å². The van der Waals surface area contributed by atoms with E-state index in [1.807, 2.05) is 20.8 Å². The molecule has 37 heavy (non-hydrogen) atoms. The number of carbonyl (C=O) groups is 3. The van der Waals surface area contributed by atoms with Crippen molar-refractivity contribution >= 4 is 77.2 Å². The zero-order valence-corrected chi connectivity index (χ0v) is 27.4. The van der Waals surface area contributed by atoms with E-state index in [1.165, 1.54) is 11.3 Å². The highest BCUT2D eigenvalue weighted by Gasteiger charge is 2.24. The van der Waals surface area contributed by atoms with Crippen LogP contribution in [-0.4, -0.2) is 76.7 Å². The van der Waals surface area contributed by atoms with E-state index in [0.29, 0.717) is 24.8 Å². The first-order chi connectivity index (χ1) is 16.3. The number of carbonyl (C=O) groups excluding carboxylic acids is 3. The average Bonchev–Trinajstić information content (AvgIpc) is 2.64. The number of nitrogens with zero attached hydrogens (tertiary/aromatic N) is 1. The molecule has 0 saturated carbocycles. The summed E-state index contributed by atoms with van der Waals surface area (Å²) in [7, 11) is 0. The maximum absolute atomic E-state index is 11.5. The molecule has 13 heteroatoms. The number of amides is 1. The highest BCUT2D eigenvalue weighted by Crippen LogP contribution is 2.12. The van der Waals surface area contributed by atoms with Crippen LogP contribution < -0.4 is 0 Å². The molecule has 0 atom stereocenters. The van der Waals surface area contributed by atoms with Crippen molar-refractivity contribution < 1.29 is 33.3 Å². The van der Waals surface area contributed by atoms with Crippen molar-refractivity contribution in [2.45, 2.75) is 98.4 Å². The van der Waals surface area contributed by atoms with Crippen LogP contribution in [0.25, 0.3) is 0 Å². The molecule has 0 N–H and O–H groups in total. The van der Waals surface area contributed by atoms with Crippen LogP contribution in [0.15, 0.2) is 0 Å². The summed E-state index contributed by atoms with van der Waals surface area (Å²) in [6.45, 7) is 16.4. The fourth-order valence-corrected chi connectivity index (χ4v) is 2.59.